The molecule has 0 aliphatic carbocycles. The number of nitrogens with zero attached hydrogens (tertiary/aromatic N) is 2. The summed E-state index contributed by atoms with van der Waals surface area (Å²) >= 11 is 11.7. The van der Waals surface area contributed by atoms with Gasteiger partial charge in [0.1, 0.15) is 0 Å². The number of para-hydroxylation sites is 1. The van der Waals surface area contributed by atoms with Gasteiger partial charge in [-0.1, -0.05) is 29.3 Å². The van der Waals surface area contributed by atoms with Crippen molar-refractivity contribution >= 4 is 33.3 Å². The van der Waals surface area contributed by atoms with E-state index in [9.17, 15) is 18.0 Å². The van der Waals surface area contributed by atoms with E-state index in [0.717, 1.165) is 17.8 Å². The van der Waals surface area contributed by atoms with Crippen LogP contribution in [0.4, 0.5) is 0 Å². The Labute approximate surface area is 135 Å². The fourth-order valence-corrected chi connectivity index (χ4v) is 3.36. The van der Waals surface area contributed by atoms with Gasteiger partial charge < -0.3 is 8.75 Å². The van der Waals surface area contributed by atoms with Gasteiger partial charge in [0.2, 0.25) is 0 Å². The van der Waals surface area contributed by atoms with E-state index in [0.29, 0.717) is 4.57 Å². The van der Waals surface area contributed by atoms with E-state index in [2.05, 4.69) is 0 Å². The number of aryl methyl sites for hydroxylation is 1. The maximum absolute atomic E-state index is 12.3. The van der Waals surface area contributed by atoms with Crippen LogP contribution >= 0.6 is 23.2 Å². The lowest BCUT2D eigenvalue weighted by Gasteiger charge is -2.11. The van der Waals surface area contributed by atoms with Crippen LogP contribution in [-0.2, 0) is 24.2 Å². The highest BCUT2D eigenvalue weighted by Crippen LogP contribution is 2.34. The van der Waals surface area contributed by atoms with Crippen LogP contribution in [-0.4, -0.2) is 17.6 Å². The number of aromatic nitrogens is 2. The fourth-order valence-electron chi connectivity index (χ4n) is 1.66. The van der Waals surface area contributed by atoms with Gasteiger partial charge in [-0.15, -0.1) is 0 Å². The molecule has 2 aromatic rings. The van der Waals surface area contributed by atoms with Crippen LogP contribution in [0.15, 0.2) is 38.9 Å². The molecule has 0 bridgehead atoms. The Morgan fingerprint density at radius 1 is 1.09 bits per heavy atom. The first-order valence-electron chi connectivity index (χ1n) is 5.80. The highest BCUT2D eigenvalue weighted by molar-refractivity contribution is 7.87. The third-order valence-corrected chi connectivity index (χ3v) is 4.60. The van der Waals surface area contributed by atoms with E-state index >= 15 is 0 Å². The van der Waals surface area contributed by atoms with Crippen molar-refractivity contribution in [3.05, 3.63) is 55.3 Å². The molecule has 1 heterocycles. The molecule has 0 unspecified atom stereocenters. The zero-order chi connectivity index (χ0) is 16.7. The van der Waals surface area contributed by atoms with Crippen molar-refractivity contribution in [3.8, 4) is 5.75 Å². The van der Waals surface area contributed by atoms with E-state index < -0.39 is 26.3 Å². The molecule has 22 heavy (non-hydrogen) atoms. The van der Waals surface area contributed by atoms with Crippen LogP contribution in [0.5, 0.6) is 5.75 Å². The molecule has 10 heteroatoms. The number of hydrogen-bond donors (Lipinski definition) is 0. The molecule has 0 amide bonds. The molecule has 0 spiro atoms. The SMILES string of the molecule is Cn1cc(S(=O)(=O)Oc2c(Cl)cccc2Cl)c(=O)n(C)c1=O. The summed E-state index contributed by atoms with van der Waals surface area (Å²) in [5, 5.41) is -0.0598. The van der Waals surface area contributed by atoms with Crippen LogP contribution in [0.2, 0.25) is 10.0 Å². The van der Waals surface area contributed by atoms with Crippen molar-refractivity contribution in [2.45, 2.75) is 4.90 Å². The van der Waals surface area contributed by atoms with Gasteiger partial charge in [0.05, 0.1) is 10.0 Å². The van der Waals surface area contributed by atoms with Gasteiger partial charge in [-0.25, -0.2) is 4.79 Å². The Bertz CT molecular complexity index is 942. The quantitative estimate of drug-likeness (QED) is 0.762. The first-order chi connectivity index (χ1) is 10.1. The topological polar surface area (TPSA) is 87.4 Å². The molecular formula is C12H10Cl2N2O5S. The molecule has 0 radical (unpaired) electrons. The predicted molar refractivity (Wildman–Crippen MR) is 81.2 cm³/mol. The molecule has 1 aromatic heterocycles. The number of halogens is 2. The second-order valence-electron chi connectivity index (χ2n) is 4.34. The van der Waals surface area contributed by atoms with Crippen molar-refractivity contribution in [3.63, 3.8) is 0 Å². The van der Waals surface area contributed by atoms with Crippen molar-refractivity contribution in [2.24, 2.45) is 14.1 Å². The Kier molecular flexibility index (Phi) is 4.37. The zero-order valence-corrected chi connectivity index (χ0v) is 13.7. The third kappa shape index (κ3) is 2.90. The van der Waals surface area contributed by atoms with E-state index in [1.165, 1.54) is 25.2 Å². The summed E-state index contributed by atoms with van der Waals surface area (Å²) in [4.78, 5) is 22.9. The Morgan fingerprint density at radius 3 is 2.18 bits per heavy atom. The lowest BCUT2D eigenvalue weighted by atomic mass is 10.3. The molecule has 0 N–H and O–H groups in total. The van der Waals surface area contributed by atoms with E-state index in [4.69, 9.17) is 27.4 Å². The number of benzene rings is 1. The van der Waals surface area contributed by atoms with Crippen LogP contribution in [0, 0.1) is 0 Å². The molecule has 0 aliphatic heterocycles. The molecule has 0 aliphatic rings. The predicted octanol–water partition coefficient (Wildman–Crippen LogP) is 1.16. The largest absolute Gasteiger partial charge is 0.376 e. The Balaban J connectivity index is 2.63. The maximum atomic E-state index is 12.3. The molecule has 7 nitrogen and oxygen atoms in total. The monoisotopic (exact) mass is 364 g/mol. The lowest BCUT2D eigenvalue weighted by molar-refractivity contribution is 0.480. The van der Waals surface area contributed by atoms with Crippen molar-refractivity contribution in [1.82, 2.24) is 9.13 Å². The minimum absolute atomic E-state index is 0.0299. The molecule has 2 rings (SSSR count). The van der Waals surface area contributed by atoms with E-state index in [-0.39, 0.29) is 15.8 Å². The molecule has 0 saturated heterocycles. The van der Waals surface area contributed by atoms with Gasteiger partial charge in [0.25, 0.3) is 5.56 Å². The summed E-state index contributed by atoms with van der Waals surface area (Å²) in [7, 11) is -2.05. The van der Waals surface area contributed by atoms with Gasteiger partial charge >= 0.3 is 15.8 Å². The summed E-state index contributed by atoms with van der Waals surface area (Å²) in [6.45, 7) is 0. The minimum Gasteiger partial charge on any atom is -0.376 e. The van der Waals surface area contributed by atoms with Crippen LogP contribution in [0.1, 0.15) is 0 Å². The van der Waals surface area contributed by atoms with Crippen molar-refractivity contribution in [1.29, 1.82) is 0 Å². The van der Waals surface area contributed by atoms with Crippen LogP contribution in [0.3, 0.4) is 0 Å². The van der Waals surface area contributed by atoms with Gasteiger partial charge in [-0.05, 0) is 12.1 Å². The van der Waals surface area contributed by atoms with Crippen LogP contribution < -0.4 is 15.4 Å². The van der Waals surface area contributed by atoms with Crippen LogP contribution in [0.25, 0.3) is 0 Å². The standard InChI is InChI=1S/C12H10Cl2N2O5S/c1-15-6-9(11(17)16(2)12(15)18)22(19,20)21-10-7(13)4-3-5-8(10)14/h3-6H,1-2H3. The maximum Gasteiger partial charge on any atom is 0.346 e. The molecular weight excluding hydrogens is 355 g/mol. The summed E-state index contributed by atoms with van der Waals surface area (Å²) in [6.07, 6.45) is 0.880. The second-order valence-corrected chi connectivity index (χ2v) is 6.67. The van der Waals surface area contributed by atoms with Gasteiger partial charge in [0, 0.05) is 20.3 Å². The third-order valence-electron chi connectivity index (χ3n) is 2.80. The summed E-state index contributed by atoms with van der Waals surface area (Å²) in [5.41, 5.74) is -1.67. The first-order valence-corrected chi connectivity index (χ1v) is 7.96. The van der Waals surface area contributed by atoms with E-state index in [1.807, 2.05) is 0 Å². The molecule has 0 atom stereocenters. The molecule has 118 valence electrons. The molecule has 0 fully saturated rings. The van der Waals surface area contributed by atoms with Gasteiger partial charge in [-0.3, -0.25) is 9.36 Å². The fraction of sp³-hybridized carbons (Fsp3) is 0.167. The van der Waals surface area contributed by atoms with Gasteiger partial charge in [0.15, 0.2) is 10.6 Å². The smallest absolute Gasteiger partial charge is 0.346 e. The number of rotatable bonds is 3. The Hall–Kier alpha value is -1.77. The average molecular weight is 365 g/mol. The lowest BCUT2D eigenvalue weighted by Crippen LogP contribution is -2.39. The Morgan fingerprint density at radius 2 is 1.64 bits per heavy atom. The van der Waals surface area contributed by atoms with Crippen molar-refractivity contribution in [2.75, 3.05) is 0 Å². The minimum atomic E-state index is -4.51. The second kappa shape index (κ2) is 5.79. The highest BCUT2D eigenvalue weighted by atomic mass is 35.5. The first kappa shape index (κ1) is 16.6. The molecule has 0 saturated carbocycles. The summed E-state index contributed by atoms with van der Waals surface area (Å²) in [5.74, 6) is -0.290. The summed E-state index contributed by atoms with van der Waals surface area (Å²) < 4.78 is 31.0. The zero-order valence-electron chi connectivity index (χ0n) is 11.4. The van der Waals surface area contributed by atoms with Crippen molar-refractivity contribution < 1.29 is 12.6 Å². The van der Waals surface area contributed by atoms with E-state index in [1.54, 1.807) is 0 Å². The normalized spacial score (nSPS) is 11.5. The van der Waals surface area contributed by atoms with Gasteiger partial charge in [-0.2, -0.15) is 8.42 Å². The average Bonchev–Trinajstić information content (AvgIpc) is 2.44. The summed E-state index contributed by atoms with van der Waals surface area (Å²) in [6, 6.07) is 4.28. The molecule has 1 aromatic carbocycles. The highest BCUT2D eigenvalue weighted by Gasteiger charge is 2.25. The number of hydrogen-bond acceptors (Lipinski definition) is 5.